The van der Waals surface area contributed by atoms with Crippen LogP contribution in [0.15, 0.2) is 24.3 Å². The van der Waals surface area contributed by atoms with Gasteiger partial charge in [0.05, 0.1) is 12.7 Å². The van der Waals surface area contributed by atoms with Crippen LogP contribution in [0.4, 0.5) is 0 Å². The molecule has 0 aromatic heterocycles. The molecule has 0 aliphatic carbocycles. The Hall–Kier alpha value is -0.600. The third kappa shape index (κ3) is 84.4. The third-order valence-electron chi connectivity index (χ3n) is 6.24. The summed E-state index contributed by atoms with van der Waals surface area (Å²) in [7, 11) is 0. The topological polar surface area (TPSA) is 18.5 Å². The Morgan fingerprint density at radius 2 is 0.739 bits per heavy atom. The SMILES string of the molecule is CC.CC.CCC.CCC.CCC.CCCCC/C=C\C/C=C\CCCCCCCCOCC(C)OCCCCCCCCCC. The van der Waals surface area contributed by atoms with Crippen molar-refractivity contribution in [2.24, 2.45) is 0 Å². The van der Waals surface area contributed by atoms with Crippen LogP contribution in [-0.4, -0.2) is 25.9 Å². The molecule has 0 bridgehead atoms. The van der Waals surface area contributed by atoms with Crippen molar-refractivity contribution in [2.45, 2.75) is 244 Å². The summed E-state index contributed by atoms with van der Waals surface area (Å²) in [5.74, 6) is 0. The molecule has 46 heavy (non-hydrogen) atoms. The fraction of sp³-hybridized carbons (Fsp3) is 0.909. The number of ether oxygens (including phenoxy) is 2. The summed E-state index contributed by atoms with van der Waals surface area (Å²) in [4.78, 5) is 0. The fourth-order valence-electron chi connectivity index (χ4n) is 4.01. The van der Waals surface area contributed by atoms with Crippen LogP contribution in [0.25, 0.3) is 0 Å². The lowest BCUT2D eigenvalue weighted by molar-refractivity contribution is -0.00869. The van der Waals surface area contributed by atoms with Crippen molar-refractivity contribution >= 4 is 0 Å². The summed E-state index contributed by atoms with van der Waals surface area (Å²) in [5, 5.41) is 0. The van der Waals surface area contributed by atoms with E-state index in [4.69, 9.17) is 9.47 Å². The van der Waals surface area contributed by atoms with Crippen LogP contribution in [0.5, 0.6) is 0 Å². The highest BCUT2D eigenvalue weighted by atomic mass is 16.5. The van der Waals surface area contributed by atoms with Crippen molar-refractivity contribution in [3.63, 3.8) is 0 Å². The van der Waals surface area contributed by atoms with Crippen molar-refractivity contribution in [3.8, 4) is 0 Å². The molecule has 0 amide bonds. The molecule has 0 aromatic carbocycles. The fourth-order valence-corrected chi connectivity index (χ4v) is 4.01. The van der Waals surface area contributed by atoms with Gasteiger partial charge >= 0.3 is 0 Å². The van der Waals surface area contributed by atoms with Gasteiger partial charge in [0.1, 0.15) is 0 Å². The van der Waals surface area contributed by atoms with Gasteiger partial charge in [0.25, 0.3) is 0 Å². The number of hydrogen-bond acceptors (Lipinski definition) is 2. The van der Waals surface area contributed by atoms with E-state index in [0.717, 1.165) is 26.2 Å². The van der Waals surface area contributed by atoms with Gasteiger partial charge in [0.15, 0.2) is 0 Å². The maximum absolute atomic E-state index is 5.89. The van der Waals surface area contributed by atoms with Crippen LogP contribution in [0.2, 0.25) is 0 Å². The Balaban J connectivity index is -0.000000265. The molecule has 0 rings (SSSR count). The molecule has 0 saturated heterocycles. The van der Waals surface area contributed by atoms with Gasteiger partial charge in [-0.05, 0) is 51.9 Å². The second kappa shape index (κ2) is 70.7. The van der Waals surface area contributed by atoms with Gasteiger partial charge in [0.2, 0.25) is 0 Å². The zero-order valence-electron chi connectivity index (χ0n) is 35.1. The highest BCUT2D eigenvalue weighted by molar-refractivity contribution is 4.92. The van der Waals surface area contributed by atoms with Gasteiger partial charge in [0, 0.05) is 13.2 Å². The number of hydrogen-bond donors (Lipinski definition) is 0. The summed E-state index contributed by atoms with van der Waals surface area (Å²) >= 11 is 0. The molecule has 0 spiro atoms. The van der Waals surface area contributed by atoms with E-state index in [0.29, 0.717) is 0 Å². The molecule has 0 radical (unpaired) electrons. The second-order valence-corrected chi connectivity index (χ2v) is 11.9. The summed E-state index contributed by atoms with van der Waals surface area (Å²) in [6, 6.07) is 0. The lowest BCUT2D eigenvalue weighted by Crippen LogP contribution is -2.17. The molecule has 0 N–H and O–H groups in total. The average molecular weight is 657 g/mol. The molecule has 0 heterocycles. The van der Waals surface area contributed by atoms with Crippen LogP contribution >= 0.6 is 0 Å². The quantitative estimate of drug-likeness (QED) is 0.0647. The van der Waals surface area contributed by atoms with E-state index in [1.54, 1.807) is 0 Å². The smallest absolute Gasteiger partial charge is 0.0780 e. The van der Waals surface area contributed by atoms with Gasteiger partial charge in [-0.1, -0.05) is 210 Å². The van der Waals surface area contributed by atoms with E-state index < -0.39 is 0 Å². The van der Waals surface area contributed by atoms with Gasteiger partial charge < -0.3 is 9.47 Å². The molecule has 0 aliphatic rings. The first-order chi connectivity index (χ1) is 22.6. The molecule has 1 unspecified atom stereocenters. The van der Waals surface area contributed by atoms with Gasteiger partial charge in [-0.15, -0.1) is 0 Å². The highest BCUT2D eigenvalue weighted by Gasteiger charge is 2.02. The van der Waals surface area contributed by atoms with E-state index in [1.807, 2.05) is 27.7 Å². The Kier molecular flexibility index (Phi) is 88.6. The van der Waals surface area contributed by atoms with Crippen molar-refractivity contribution in [1.29, 1.82) is 0 Å². The molecule has 284 valence electrons. The predicted octanol–water partition coefficient (Wildman–Crippen LogP) is 16.7. The van der Waals surface area contributed by atoms with Crippen LogP contribution < -0.4 is 0 Å². The van der Waals surface area contributed by atoms with Crippen LogP contribution in [0.1, 0.15) is 238 Å². The van der Waals surface area contributed by atoms with E-state index in [-0.39, 0.29) is 6.10 Å². The van der Waals surface area contributed by atoms with E-state index in [9.17, 15) is 0 Å². The van der Waals surface area contributed by atoms with Crippen LogP contribution in [0.3, 0.4) is 0 Å². The second-order valence-electron chi connectivity index (χ2n) is 11.9. The van der Waals surface area contributed by atoms with Crippen LogP contribution in [0, 0.1) is 0 Å². The molecule has 0 aliphatic heterocycles. The monoisotopic (exact) mass is 657 g/mol. The highest BCUT2D eigenvalue weighted by Crippen LogP contribution is 2.10. The minimum atomic E-state index is 0.235. The number of allylic oxidation sites excluding steroid dienone is 4. The van der Waals surface area contributed by atoms with Crippen molar-refractivity contribution < 1.29 is 9.47 Å². The first-order valence-electron chi connectivity index (χ1n) is 21.0. The number of unbranched alkanes of at least 4 members (excludes halogenated alkanes) is 16. The first-order valence-corrected chi connectivity index (χ1v) is 21.0. The largest absolute Gasteiger partial charge is 0.379 e. The average Bonchev–Trinajstić information content (AvgIpc) is 3.06. The van der Waals surface area contributed by atoms with Crippen molar-refractivity contribution in [1.82, 2.24) is 0 Å². The molecular formula is C44H96O2. The van der Waals surface area contributed by atoms with Gasteiger partial charge in [-0.2, -0.15) is 0 Å². The normalized spacial score (nSPS) is 10.7. The predicted molar refractivity (Wildman–Crippen MR) is 219 cm³/mol. The minimum Gasteiger partial charge on any atom is -0.379 e. The minimum absolute atomic E-state index is 0.235. The van der Waals surface area contributed by atoms with Crippen molar-refractivity contribution in [3.05, 3.63) is 24.3 Å². The van der Waals surface area contributed by atoms with E-state index >= 15 is 0 Å². The van der Waals surface area contributed by atoms with E-state index in [1.165, 1.54) is 141 Å². The summed E-state index contributed by atoms with van der Waals surface area (Å²) < 4.78 is 11.7. The summed E-state index contributed by atoms with van der Waals surface area (Å²) in [5.41, 5.74) is 0. The molecule has 0 aromatic rings. The zero-order chi connectivity index (χ0) is 36.2. The maximum atomic E-state index is 5.89. The Labute approximate surface area is 296 Å². The third-order valence-corrected chi connectivity index (χ3v) is 6.24. The van der Waals surface area contributed by atoms with Gasteiger partial charge in [-0.3, -0.25) is 0 Å². The Bertz CT molecular complexity index is 438. The van der Waals surface area contributed by atoms with E-state index in [2.05, 4.69) is 86.6 Å². The Morgan fingerprint density at radius 3 is 1.17 bits per heavy atom. The molecule has 0 saturated carbocycles. The molecule has 2 nitrogen and oxygen atoms in total. The molecule has 2 heteroatoms. The maximum Gasteiger partial charge on any atom is 0.0780 e. The lowest BCUT2D eigenvalue weighted by atomic mass is 10.1. The van der Waals surface area contributed by atoms with Crippen molar-refractivity contribution in [2.75, 3.05) is 19.8 Å². The first kappa shape index (κ1) is 57.7. The summed E-state index contributed by atoms with van der Waals surface area (Å²) in [6.07, 6.45) is 39.7. The molecule has 1 atom stereocenters. The lowest BCUT2D eigenvalue weighted by Gasteiger charge is -2.13. The standard InChI is InChI=1S/C31H60O2.3C3H8.2C2H6/c1-4-6-8-10-12-14-15-16-17-18-19-20-21-22-24-26-28-32-30-31(3)33-29-27-25-23-13-11-9-7-5-2;3*1-3-2;2*1-2/h12,14,16-17,31H,4-11,13,15,18-30H2,1-3H3;3*3H2,1-2H3;2*1-2H3/b14-12-,17-16-;;;;;. The summed E-state index contributed by atoms with van der Waals surface area (Å²) in [6.45, 7) is 30.0. The number of rotatable bonds is 27. The Morgan fingerprint density at radius 1 is 0.413 bits per heavy atom. The van der Waals surface area contributed by atoms with Crippen LogP contribution in [-0.2, 0) is 9.47 Å². The molecule has 0 fully saturated rings. The molecular weight excluding hydrogens is 560 g/mol. The van der Waals surface area contributed by atoms with Gasteiger partial charge in [-0.25, -0.2) is 0 Å². The zero-order valence-corrected chi connectivity index (χ0v) is 35.1.